The van der Waals surface area contributed by atoms with E-state index in [2.05, 4.69) is 5.16 Å². The van der Waals surface area contributed by atoms with Crippen LogP contribution in [0.1, 0.15) is 22.3 Å². The van der Waals surface area contributed by atoms with Crippen LogP contribution in [-0.2, 0) is 9.57 Å². The van der Waals surface area contributed by atoms with Crippen LogP contribution in [0.4, 0.5) is 8.78 Å². The summed E-state index contributed by atoms with van der Waals surface area (Å²) in [5, 5.41) is 23.3. The maximum absolute atomic E-state index is 14.1. The fourth-order valence-corrected chi connectivity index (χ4v) is 3.54. The van der Waals surface area contributed by atoms with Gasteiger partial charge in [-0.1, -0.05) is 11.2 Å². The molecule has 0 radical (unpaired) electrons. The zero-order chi connectivity index (χ0) is 20.6. The topological polar surface area (TPSA) is 91.6 Å². The summed E-state index contributed by atoms with van der Waals surface area (Å²) in [6.45, 7) is 0.587. The normalized spacial score (nSPS) is 21.6. The van der Waals surface area contributed by atoms with Gasteiger partial charge in [-0.15, -0.1) is 0 Å². The number of carbonyl (C=O) groups is 1. The molecule has 0 saturated carbocycles. The summed E-state index contributed by atoms with van der Waals surface area (Å²) in [7, 11) is 0. The molecule has 0 aromatic heterocycles. The van der Waals surface area contributed by atoms with Crippen LogP contribution in [0.15, 0.2) is 41.6 Å². The average Bonchev–Trinajstić information content (AvgIpc) is 2.95. The standard InChI is InChI=1S/C20H18F2N2O5/c21-14-2-1-3-15(22)18(14)16-9-20(29-23-16)10-24(6-7-28-11-20)19(27)13-5-4-12(25)8-17(13)26/h1-5,8,25-26H,6-7,9-11H2. The Morgan fingerprint density at radius 3 is 2.66 bits per heavy atom. The van der Waals surface area contributed by atoms with Gasteiger partial charge in [-0.25, -0.2) is 8.78 Å². The lowest BCUT2D eigenvalue weighted by Gasteiger charge is -2.29. The number of carbonyl (C=O) groups excluding carboxylic acids is 1. The number of halogens is 2. The lowest BCUT2D eigenvalue weighted by Crippen LogP contribution is -2.46. The molecule has 1 amide bonds. The van der Waals surface area contributed by atoms with Gasteiger partial charge in [0.05, 0.1) is 36.6 Å². The molecule has 1 unspecified atom stereocenters. The Labute approximate surface area is 164 Å². The van der Waals surface area contributed by atoms with Crippen molar-refractivity contribution in [3.05, 3.63) is 59.2 Å². The lowest BCUT2D eigenvalue weighted by molar-refractivity contribution is -0.0701. The molecule has 1 saturated heterocycles. The first-order valence-electron chi connectivity index (χ1n) is 8.97. The molecular weight excluding hydrogens is 386 g/mol. The zero-order valence-electron chi connectivity index (χ0n) is 15.3. The molecule has 2 aliphatic rings. The van der Waals surface area contributed by atoms with Gasteiger partial charge in [0.15, 0.2) is 5.60 Å². The number of phenolic OH excluding ortho intramolecular Hbond substituents is 2. The minimum atomic E-state index is -1.09. The highest BCUT2D eigenvalue weighted by molar-refractivity contribution is 6.02. The lowest BCUT2D eigenvalue weighted by atomic mass is 9.93. The highest BCUT2D eigenvalue weighted by Gasteiger charge is 2.45. The first kappa shape index (κ1) is 19.1. The number of ether oxygens (including phenoxy) is 1. The number of hydrogen-bond acceptors (Lipinski definition) is 6. The molecule has 1 atom stereocenters. The Balaban J connectivity index is 1.57. The van der Waals surface area contributed by atoms with E-state index in [-0.39, 0.29) is 61.1 Å². The largest absolute Gasteiger partial charge is 0.508 e. The third-order valence-electron chi connectivity index (χ3n) is 4.94. The average molecular weight is 404 g/mol. The summed E-state index contributed by atoms with van der Waals surface area (Å²) < 4.78 is 33.8. The van der Waals surface area contributed by atoms with Gasteiger partial charge in [-0.3, -0.25) is 4.79 Å². The number of rotatable bonds is 2. The second-order valence-electron chi connectivity index (χ2n) is 7.07. The molecule has 2 aromatic rings. The van der Waals surface area contributed by atoms with E-state index in [4.69, 9.17) is 9.57 Å². The van der Waals surface area contributed by atoms with Crippen molar-refractivity contribution in [1.82, 2.24) is 4.90 Å². The highest BCUT2D eigenvalue weighted by Crippen LogP contribution is 2.33. The summed E-state index contributed by atoms with van der Waals surface area (Å²) in [6, 6.07) is 7.23. The van der Waals surface area contributed by atoms with Gasteiger partial charge in [-0.2, -0.15) is 0 Å². The fraction of sp³-hybridized carbons (Fsp3) is 0.300. The number of nitrogens with zero attached hydrogens (tertiary/aromatic N) is 2. The molecule has 2 aromatic carbocycles. The van der Waals surface area contributed by atoms with Crippen molar-refractivity contribution in [2.24, 2.45) is 5.16 Å². The molecule has 1 fully saturated rings. The number of amides is 1. The van der Waals surface area contributed by atoms with Crippen LogP contribution in [0.2, 0.25) is 0 Å². The van der Waals surface area contributed by atoms with Gasteiger partial charge in [0, 0.05) is 19.0 Å². The van der Waals surface area contributed by atoms with E-state index in [0.717, 1.165) is 18.2 Å². The van der Waals surface area contributed by atoms with Crippen molar-refractivity contribution in [3.8, 4) is 11.5 Å². The SMILES string of the molecule is O=C(c1ccc(O)cc1O)N1CCOCC2(CC(c3c(F)cccc3F)=NO2)C1. The molecule has 2 aliphatic heterocycles. The van der Waals surface area contributed by atoms with Gasteiger partial charge in [0.25, 0.3) is 5.91 Å². The molecular formula is C20H18F2N2O5. The van der Waals surface area contributed by atoms with Crippen LogP contribution in [0, 0.1) is 11.6 Å². The van der Waals surface area contributed by atoms with Crippen LogP contribution in [0.3, 0.4) is 0 Å². The second kappa shape index (κ2) is 7.32. The van der Waals surface area contributed by atoms with E-state index in [9.17, 15) is 23.8 Å². The van der Waals surface area contributed by atoms with E-state index >= 15 is 0 Å². The molecule has 2 heterocycles. The molecule has 0 bridgehead atoms. The van der Waals surface area contributed by atoms with Gasteiger partial charge >= 0.3 is 0 Å². The smallest absolute Gasteiger partial charge is 0.257 e. The fourth-order valence-electron chi connectivity index (χ4n) is 3.54. The van der Waals surface area contributed by atoms with E-state index in [1.54, 1.807) is 0 Å². The van der Waals surface area contributed by atoms with Gasteiger partial charge < -0.3 is 24.7 Å². The predicted molar refractivity (Wildman–Crippen MR) is 97.8 cm³/mol. The number of aromatic hydroxyl groups is 2. The Morgan fingerprint density at radius 1 is 1.17 bits per heavy atom. The monoisotopic (exact) mass is 404 g/mol. The zero-order valence-corrected chi connectivity index (χ0v) is 15.3. The number of phenols is 2. The minimum absolute atomic E-state index is 0.0131. The van der Waals surface area contributed by atoms with Crippen LogP contribution >= 0.6 is 0 Å². The van der Waals surface area contributed by atoms with Crippen LogP contribution < -0.4 is 0 Å². The van der Waals surface area contributed by atoms with E-state index in [1.807, 2.05) is 0 Å². The summed E-state index contributed by atoms with van der Waals surface area (Å²) >= 11 is 0. The summed E-state index contributed by atoms with van der Waals surface area (Å²) in [5.74, 6) is -2.51. The van der Waals surface area contributed by atoms with Crippen molar-refractivity contribution >= 4 is 11.6 Å². The molecule has 0 aliphatic carbocycles. The van der Waals surface area contributed by atoms with E-state index in [1.165, 1.54) is 23.1 Å². The molecule has 2 N–H and O–H groups in total. The first-order chi connectivity index (χ1) is 13.9. The maximum Gasteiger partial charge on any atom is 0.257 e. The molecule has 1 spiro atoms. The Bertz CT molecular complexity index is 977. The molecule has 9 heteroatoms. The van der Waals surface area contributed by atoms with Crippen LogP contribution in [0.25, 0.3) is 0 Å². The molecule has 4 rings (SSSR count). The highest BCUT2D eigenvalue weighted by atomic mass is 19.1. The number of hydrogen-bond donors (Lipinski definition) is 2. The number of benzene rings is 2. The predicted octanol–water partition coefficient (Wildman–Crippen LogP) is 2.41. The third-order valence-corrected chi connectivity index (χ3v) is 4.94. The van der Waals surface area contributed by atoms with Gasteiger partial charge in [0.1, 0.15) is 23.1 Å². The third kappa shape index (κ3) is 3.61. The minimum Gasteiger partial charge on any atom is -0.508 e. The van der Waals surface area contributed by atoms with Crippen molar-refractivity contribution in [2.45, 2.75) is 12.0 Å². The van der Waals surface area contributed by atoms with E-state index < -0.39 is 23.1 Å². The van der Waals surface area contributed by atoms with Crippen LogP contribution in [0.5, 0.6) is 11.5 Å². The van der Waals surface area contributed by atoms with Crippen molar-refractivity contribution in [1.29, 1.82) is 0 Å². The maximum atomic E-state index is 14.1. The Hall–Kier alpha value is -3.20. The van der Waals surface area contributed by atoms with Gasteiger partial charge in [0.2, 0.25) is 0 Å². The molecule has 7 nitrogen and oxygen atoms in total. The molecule has 152 valence electrons. The van der Waals surface area contributed by atoms with E-state index in [0.29, 0.717) is 0 Å². The Kier molecular flexibility index (Phi) is 4.83. The van der Waals surface area contributed by atoms with Crippen molar-refractivity contribution in [3.63, 3.8) is 0 Å². The first-order valence-corrected chi connectivity index (χ1v) is 8.97. The summed E-state index contributed by atoms with van der Waals surface area (Å²) in [5.41, 5.74) is -1.24. The van der Waals surface area contributed by atoms with Crippen molar-refractivity contribution < 1.29 is 33.4 Å². The number of oxime groups is 1. The quantitative estimate of drug-likeness (QED) is 0.802. The summed E-state index contributed by atoms with van der Waals surface area (Å²) in [4.78, 5) is 19.9. The summed E-state index contributed by atoms with van der Waals surface area (Å²) in [6.07, 6.45) is 0.0518. The second-order valence-corrected chi connectivity index (χ2v) is 7.07. The van der Waals surface area contributed by atoms with Crippen LogP contribution in [-0.4, -0.2) is 58.6 Å². The Morgan fingerprint density at radius 2 is 1.93 bits per heavy atom. The molecule has 29 heavy (non-hydrogen) atoms. The van der Waals surface area contributed by atoms with Crippen molar-refractivity contribution in [2.75, 3.05) is 26.3 Å². The van der Waals surface area contributed by atoms with Gasteiger partial charge in [-0.05, 0) is 24.3 Å².